The van der Waals surface area contributed by atoms with E-state index in [0.29, 0.717) is 33.3 Å². The molecule has 0 spiro atoms. The van der Waals surface area contributed by atoms with Crippen LogP contribution in [0.2, 0.25) is 5.02 Å². The topological polar surface area (TPSA) is 64.6 Å². The Bertz CT molecular complexity index is 1210. The molecule has 3 rings (SSSR count). The van der Waals surface area contributed by atoms with Gasteiger partial charge in [0.1, 0.15) is 0 Å². The van der Waals surface area contributed by atoms with Crippen LogP contribution in [0.15, 0.2) is 76.0 Å². The molecule has 1 atom stereocenters. The van der Waals surface area contributed by atoms with Gasteiger partial charge in [0.25, 0.3) is 0 Å². The highest BCUT2D eigenvalue weighted by atomic mass is 35.5. The Labute approximate surface area is 237 Å². The van der Waals surface area contributed by atoms with Crippen LogP contribution in [0.25, 0.3) is 0 Å². The SMILES string of the molecule is CCOC(=O)C1=C(CSCSc2ccc(Cl)cc2)NC(C)=C(C(=O)OC(C)C)C1c1ccccc1C=S. The first-order valence-corrected chi connectivity index (χ1v) is 14.8. The van der Waals surface area contributed by atoms with E-state index in [1.165, 1.54) is 0 Å². The lowest BCUT2D eigenvalue weighted by atomic mass is 9.79. The van der Waals surface area contributed by atoms with Gasteiger partial charge in [0, 0.05) is 37.5 Å². The summed E-state index contributed by atoms with van der Waals surface area (Å²) in [5.74, 6) is -1.10. The maximum absolute atomic E-state index is 13.4. The monoisotopic (exact) mass is 575 g/mol. The summed E-state index contributed by atoms with van der Waals surface area (Å²) in [6.07, 6.45) is -0.314. The van der Waals surface area contributed by atoms with Crippen molar-refractivity contribution in [1.29, 1.82) is 0 Å². The summed E-state index contributed by atoms with van der Waals surface area (Å²) in [4.78, 5) is 27.9. The number of hydrogen-bond donors (Lipinski definition) is 1. The van der Waals surface area contributed by atoms with Crippen molar-refractivity contribution in [3.05, 3.63) is 87.2 Å². The minimum Gasteiger partial charge on any atom is -0.463 e. The number of allylic oxidation sites excluding steroid dienone is 1. The summed E-state index contributed by atoms with van der Waals surface area (Å²) < 4.78 is 11.1. The molecule has 196 valence electrons. The Balaban J connectivity index is 2.01. The lowest BCUT2D eigenvalue weighted by Crippen LogP contribution is -2.35. The number of esters is 2. The van der Waals surface area contributed by atoms with Gasteiger partial charge in [0.2, 0.25) is 0 Å². The number of rotatable bonds is 11. The second-order valence-electron chi connectivity index (χ2n) is 8.47. The molecular formula is C28H30ClNO4S3. The van der Waals surface area contributed by atoms with Crippen LogP contribution in [0.5, 0.6) is 0 Å². The highest BCUT2D eigenvalue weighted by Crippen LogP contribution is 2.41. The second kappa shape index (κ2) is 14.0. The molecule has 0 aliphatic carbocycles. The van der Waals surface area contributed by atoms with Crippen LogP contribution in [0.1, 0.15) is 44.7 Å². The Hall–Kier alpha value is -2.26. The Kier molecular flexibility index (Phi) is 11.1. The number of thioether (sulfide) groups is 2. The van der Waals surface area contributed by atoms with E-state index >= 15 is 0 Å². The van der Waals surface area contributed by atoms with Gasteiger partial charge in [-0.05, 0) is 63.1 Å². The van der Waals surface area contributed by atoms with Crippen molar-refractivity contribution < 1.29 is 19.1 Å². The summed E-state index contributed by atoms with van der Waals surface area (Å²) in [5, 5.41) is 6.35. The number of thiocarbonyl (C=S) groups is 1. The summed E-state index contributed by atoms with van der Waals surface area (Å²) in [6, 6.07) is 15.2. The number of dihydropyridines is 1. The van der Waals surface area contributed by atoms with Gasteiger partial charge in [-0.25, -0.2) is 9.59 Å². The maximum Gasteiger partial charge on any atom is 0.337 e. The molecular weight excluding hydrogens is 546 g/mol. The van der Waals surface area contributed by atoms with Crippen LogP contribution in [0.4, 0.5) is 0 Å². The van der Waals surface area contributed by atoms with E-state index in [1.807, 2.05) is 55.5 Å². The quantitative estimate of drug-likeness (QED) is 0.102. The van der Waals surface area contributed by atoms with Gasteiger partial charge in [0.15, 0.2) is 0 Å². The Morgan fingerprint density at radius 3 is 2.46 bits per heavy atom. The Morgan fingerprint density at radius 1 is 1.11 bits per heavy atom. The lowest BCUT2D eigenvalue weighted by molar-refractivity contribution is -0.143. The molecule has 5 nitrogen and oxygen atoms in total. The van der Waals surface area contributed by atoms with Gasteiger partial charge < -0.3 is 14.8 Å². The van der Waals surface area contributed by atoms with Crippen LogP contribution in [0, 0.1) is 0 Å². The third-order valence-corrected chi connectivity index (χ3v) is 8.25. The normalized spacial score (nSPS) is 15.5. The van der Waals surface area contributed by atoms with Crippen LogP contribution in [-0.4, -0.2) is 40.9 Å². The highest BCUT2D eigenvalue weighted by molar-refractivity contribution is 8.16. The minimum atomic E-state index is -0.679. The van der Waals surface area contributed by atoms with Crippen molar-refractivity contribution in [1.82, 2.24) is 5.32 Å². The number of carbonyl (C=O) groups excluding carboxylic acids is 2. The van der Waals surface area contributed by atoms with Crippen molar-refractivity contribution in [3.8, 4) is 0 Å². The summed E-state index contributed by atoms with van der Waals surface area (Å²) in [6.45, 7) is 7.41. The first kappa shape index (κ1) is 29.3. The van der Waals surface area contributed by atoms with Crippen LogP contribution in [0.3, 0.4) is 0 Å². The van der Waals surface area contributed by atoms with Gasteiger partial charge in [-0.3, -0.25) is 0 Å². The molecule has 0 saturated heterocycles. The average Bonchev–Trinajstić information content (AvgIpc) is 2.86. The minimum absolute atomic E-state index is 0.213. The molecule has 0 bridgehead atoms. The average molecular weight is 576 g/mol. The van der Waals surface area contributed by atoms with Gasteiger partial charge in [-0.2, -0.15) is 0 Å². The smallest absolute Gasteiger partial charge is 0.337 e. The molecule has 0 aromatic heterocycles. The number of ether oxygens (including phenoxy) is 2. The van der Waals surface area contributed by atoms with E-state index in [4.69, 9.17) is 33.3 Å². The van der Waals surface area contributed by atoms with Gasteiger partial charge in [-0.15, -0.1) is 23.5 Å². The molecule has 9 heteroatoms. The standard InChI is InChI=1S/C28H30ClNO4S3/c1-5-33-27(31)26-23(15-36-16-37-21-12-10-20(29)11-13-21)30-18(4)24(28(32)34-17(2)3)25(26)22-9-7-6-8-19(22)14-35/h6-14,17,25,30H,5,15-16H2,1-4H3. The van der Waals surface area contributed by atoms with E-state index < -0.39 is 17.9 Å². The van der Waals surface area contributed by atoms with E-state index in [-0.39, 0.29) is 12.7 Å². The number of benzene rings is 2. The first-order chi connectivity index (χ1) is 17.8. The fourth-order valence-electron chi connectivity index (χ4n) is 3.98. The second-order valence-corrected chi connectivity index (χ2v) is 11.5. The zero-order valence-electron chi connectivity index (χ0n) is 21.2. The van der Waals surface area contributed by atoms with Crippen molar-refractivity contribution in [2.45, 2.75) is 44.6 Å². The van der Waals surface area contributed by atoms with Gasteiger partial charge >= 0.3 is 11.9 Å². The summed E-state index contributed by atoms with van der Waals surface area (Å²) in [7, 11) is 0. The molecule has 0 amide bonds. The van der Waals surface area contributed by atoms with E-state index in [9.17, 15) is 9.59 Å². The molecule has 0 radical (unpaired) electrons. The largest absolute Gasteiger partial charge is 0.463 e. The van der Waals surface area contributed by atoms with Crippen molar-refractivity contribution in [2.24, 2.45) is 0 Å². The van der Waals surface area contributed by atoms with Crippen LogP contribution in [-0.2, 0) is 19.1 Å². The molecule has 1 N–H and O–H groups in total. The lowest BCUT2D eigenvalue weighted by Gasteiger charge is -2.32. The molecule has 2 aromatic carbocycles. The third kappa shape index (κ3) is 7.63. The fourth-order valence-corrected chi connectivity index (χ4v) is 6.30. The molecule has 1 aliphatic rings. The Morgan fingerprint density at radius 2 is 1.81 bits per heavy atom. The molecule has 2 aromatic rings. The number of hydrogen-bond acceptors (Lipinski definition) is 8. The van der Waals surface area contributed by atoms with E-state index in [0.717, 1.165) is 21.1 Å². The molecule has 0 fully saturated rings. The van der Waals surface area contributed by atoms with Crippen molar-refractivity contribution in [2.75, 3.05) is 17.4 Å². The van der Waals surface area contributed by atoms with E-state index in [1.54, 1.807) is 49.7 Å². The van der Waals surface area contributed by atoms with Crippen LogP contribution < -0.4 is 5.32 Å². The van der Waals surface area contributed by atoms with E-state index in [2.05, 4.69) is 5.32 Å². The highest BCUT2D eigenvalue weighted by Gasteiger charge is 2.39. The first-order valence-electron chi connectivity index (χ1n) is 11.9. The van der Waals surface area contributed by atoms with Crippen molar-refractivity contribution in [3.63, 3.8) is 0 Å². The zero-order valence-corrected chi connectivity index (χ0v) is 24.4. The molecule has 1 heterocycles. The van der Waals surface area contributed by atoms with Crippen LogP contribution >= 0.6 is 47.3 Å². The predicted octanol–water partition coefficient (Wildman–Crippen LogP) is 6.90. The van der Waals surface area contributed by atoms with Gasteiger partial charge in [-0.1, -0.05) is 48.1 Å². The molecule has 1 unspecified atom stereocenters. The molecule has 1 aliphatic heterocycles. The number of nitrogens with one attached hydrogen (secondary N) is 1. The maximum atomic E-state index is 13.4. The zero-order chi connectivity index (χ0) is 26.9. The molecule has 37 heavy (non-hydrogen) atoms. The fraction of sp³-hybridized carbons (Fsp3) is 0.321. The summed E-state index contributed by atoms with van der Waals surface area (Å²) in [5.41, 5.74) is 3.66. The molecule has 0 saturated carbocycles. The predicted molar refractivity (Wildman–Crippen MR) is 157 cm³/mol. The number of halogens is 1. The summed E-state index contributed by atoms with van der Waals surface area (Å²) >= 11 is 14.6. The third-order valence-electron chi connectivity index (χ3n) is 5.51. The van der Waals surface area contributed by atoms with Crippen molar-refractivity contribution >= 4 is 64.6 Å². The number of carbonyl (C=O) groups is 2. The van der Waals surface area contributed by atoms with Gasteiger partial charge in [0.05, 0.1) is 29.8 Å².